The van der Waals surface area contributed by atoms with Gasteiger partial charge in [-0.15, -0.1) is 5.48 Å². The summed E-state index contributed by atoms with van der Waals surface area (Å²) in [5, 5.41) is 0. The number of carbonyl (C=O) groups is 1. The first kappa shape index (κ1) is 19.2. The van der Waals surface area contributed by atoms with E-state index in [2.05, 4.69) is 47.4 Å². The number of hydrogen-bond acceptors (Lipinski definition) is 3. The molecule has 4 atom stereocenters. The summed E-state index contributed by atoms with van der Waals surface area (Å²) in [6, 6.07) is 18.5. The Morgan fingerprint density at radius 1 is 1.18 bits per heavy atom. The number of benzene rings is 2. The maximum Gasteiger partial charge on any atom is 0.226 e. The van der Waals surface area contributed by atoms with Crippen LogP contribution in [0.2, 0.25) is 0 Å². The van der Waals surface area contributed by atoms with Crippen molar-refractivity contribution in [1.29, 1.82) is 0 Å². The maximum absolute atomic E-state index is 13.1. The molecule has 4 nitrogen and oxygen atoms in total. The third-order valence-electron chi connectivity index (χ3n) is 5.89. The summed E-state index contributed by atoms with van der Waals surface area (Å²) in [4.78, 5) is 20.8. The molecule has 1 saturated carbocycles. The van der Waals surface area contributed by atoms with Gasteiger partial charge in [0.15, 0.2) is 5.76 Å². The Morgan fingerprint density at radius 2 is 1.86 bits per heavy atom. The summed E-state index contributed by atoms with van der Waals surface area (Å²) < 4.78 is 1.04. The van der Waals surface area contributed by atoms with Gasteiger partial charge in [0.1, 0.15) is 0 Å². The Hall–Kier alpha value is -2.11. The lowest BCUT2D eigenvalue weighted by atomic mass is 9.98. The highest BCUT2D eigenvalue weighted by Crippen LogP contribution is 2.50. The van der Waals surface area contributed by atoms with Crippen LogP contribution in [0, 0.1) is 11.8 Å². The molecule has 5 heteroatoms. The monoisotopic (exact) mass is 440 g/mol. The Bertz CT molecular complexity index is 895. The van der Waals surface area contributed by atoms with Gasteiger partial charge in [0, 0.05) is 23.0 Å². The first-order valence-corrected chi connectivity index (χ1v) is 10.5. The van der Waals surface area contributed by atoms with Gasteiger partial charge in [-0.1, -0.05) is 58.4 Å². The van der Waals surface area contributed by atoms with Crippen LogP contribution < -0.4 is 5.48 Å². The number of hydroxylamine groups is 1. The Kier molecular flexibility index (Phi) is 5.30. The minimum absolute atomic E-state index is 0.0301. The summed E-state index contributed by atoms with van der Waals surface area (Å²) in [5.41, 5.74) is 6.49. The van der Waals surface area contributed by atoms with Gasteiger partial charge < -0.3 is 9.74 Å². The first-order chi connectivity index (χ1) is 13.5. The van der Waals surface area contributed by atoms with E-state index in [9.17, 15) is 4.79 Å². The van der Waals surface area contributed by atoms with E-state index in [1.165, 1.54) is 5.57 Å². The third kappa shape index (κ3) is 3.61. The zero-order chi connectivity index (χ0) is 19.8. The molecular formula is C23H25BrN2O2. The molecule has 1 aliphatic heterocycles. The molecule has 1 fully saturated rings. The van der Waals surface area contributed by atoms with Crippen molar-refractivity contribution in [1.82, 2.24) is 10.4 Å². The summed E-state index contributed by atoms with van der Waals surface area (Å²) in [6.45, 7) is 4.18. The molecule has 3 unspecified atom stereocenters. The van der Waals surface area contributed by atoms with Crippen LogP contribution in [-0.2, 0) is 9.63 Å². The normalized spacial score (nSPS) is 24.6. The predicted molar refractivity (Wildman–Crippen MR) is 114 cm³/mol. The van der Waals surface area contributed by atoms with Crippen LogP contribution in [-0.4, -0.2) is 23.9 Å². The number of amides is 1. The lowest BCUT2D eigenvalue weighted by Gasteiger charge is -2.25. The molecule has 146 valence electrons. The molecular weight excluding hydrogens is 416 g/mol. The van der Waals surface area contributed by atoms with Gasteiger partial charge in [-0.25, -0.2) is 0 Å². The molecule has 1 amide bonds. The molecule has 0 spiro atoms. The molecule has 0 radical (unpaired) electrons. The summed E-state index contributed by atoms with van der Waals surface area (Å²) >= 11 is 3.48. The van der Waals surface area contributed by atoms with Crippen molar-refractivity contribution in [3.05, 3.63) is 75.8 Å². The van der Waals surface area contributed by atoms with Crippen molar-refractivity contribution in [2.24, 2.45) is 11.8 Å². The van der Waals surface area contributed by atoms with E-state index in [0.717, 1.165) is 27.8 Å². The van der Waals surface area contributed by atoms with Crippen LogP contribution in [0.3, 0.4) is 0 Å². The molecule has 1 heterocycles. The van der Waals surface area contributed by atoms with E-state index in [-0.39, 0.29) is 29.8 Å². The molecule has 0 saturated heterocycles. The van der Waals surface area contributed by atoms with Gasteiger partial charge in [-0.2, -0.15) is 0 Å². The van der Waals surface area contributed by atoms with Crippen molar-refractivity contribution in [3.8, 4) is 0 Å². The van der Waals surface area contributed by atoms with Crippen LogP contribution in [0.4, 0.5) is 0 Å². The smallest absolute Gasteiger partial charge is 0.226 e. The largest absolute Gasteiger partial charge is 0.408 e. The lowest BCUT2D eigenvalue weighted by Crippen LogP contribution is -2.31. The van der Waals surface area contributed by atoms with Crippen molar-refractivity contribution in [2.45, 2.75) is 32.4 Å². The third-order valence-corrected chi connectivity index (χ3v) is 6.42. The SMILES string of the molecule is CC1NOC(c2ccc(Br)cc2)=C1C1CC1C(=O)N(C)[C@H](C)c1ccccc1. The van der Waals surface area contributed by atoms with Gasteiger partial charge in [0.25, 0.3) is 0 Å². The Morgan fingerprint density at radius 3 is 2.54 bits per heavy atom. The van der Waals surface area contributed by atoms with Crippen molar-refractivity contribution >= 4 is 27.6 Å². The van der Waals surface area contributed by atoms with Crippen LogP contribution in [0.5, 0.6) is 0 Å². The average molecular weight is 441 g/mol. The van der Waals surface area contributed by atoms with Crippen LogP contribution >= 0.6 is 15.9 Å². The quantitative estimate of drug-likeness (QED) is 0.715. The van der Waals surface area contributed by atoms with E-state index < -0.39 is 0 Å². The van der Waals surface area contributed by atoms with E-state index in [0.29, 0.717) is 0 Å². The van der Waals surface area contributed by atoms with Gasteiger partial charge in [0.2, 0.25) is 5.91 Å². The molecule has 2 aliphatic rings. The second-order valence-corrected chi connectivity index (χ2v) is 8.63. The Balaban J connectivity index is 1.52. The summed E-state index contributed by atoms with van der Waals surface area (Å²) in [7, 11) is 1.91. The highest BCUT2D eigenvalue weighted by molar-refractivity contribution is 9.10. The van der Waals surface area contributed by atoms with E-state index in [1.54, 1.807) is 0 Å². The molecule has 0 aromatic heterocycles. The van der Waals surface area contributed by atoms with Crippen LogP contribution in [0.25, 0.3) is 5.76 Å². The summed E-state index contributed by atoms with van der Waals surface area (Å²) in [6.07, 6.45) is 0.884. The number of hydrogen-bond donors (Lipinski definition) is 1. The lowest BCUT2D eigenvalue weighted by molar-refractivity contribution is -0.133. The molecule has 2 aromatic rings. The molecule has 1 N–H and O–H groups in total. The predicted octanol–water partition coefficient (Wildman–Crippen LogP) is 4.94. The van der Waals surface area contributed by atoms with Crippen LogP contribution in [0.15, 0.2) is 64.6 Å². The fourth-order valence-electron chi connectivity index (χ4n) is 4.00. The topological polar surface area (TPSA) is 41.6 Å². The standard InChI is InChI=1S/C23H25BrN2O2/c1-14-21(22(28-25-14)17-9-11-18(24)12-10-17)19-13-20(19)23(27)26(3)15(2)16-7-5-4-6-8-16/h4-12,14-15,19-20,25H,13H2,1-3H3/t14?,15-,19?,20?/m1/s1. The number of nitrogens with zero attached hydrogens (tertiary/aromatic N) is 1. The fourth-order valence-corrected chi connectivity index (χ4v) is 4.27. The molecule has 2 aromatic carbocycles. The number of rotatable bonds is 5. The van der Waals surface area contributed by atoms with Crippen LogP contribution in [0.1, 0.15) is 37.4 Å². The highest BCUT2D eigenvalue weighted by atomic mass is 79.9. The molecule has 4 rings (SSSR count). The minimum Gasteiger partial charge on any atom is -0.408 e. The number of halogens is 1. The van der Waals surface area contributed by atoms with Gasteiger partial charge >= 0.3 is 0 Å². The van der Waals surface area contributed by atoms with Crippen molar-refractivity contribution in [3.63, 3.8) is 0 Å². The second kappa shape index (κ2) is 7.72. The molecule has 0 bridgehead atoms. The summed E-state index contributed by atoms with van der Waals surface area (Å²) in [5.74, 6) is 1.35. The zero-order valence-electron chi connectivity index (χ0n) is 16.4. The van der Waals surface area contributed by atoms with Gasteiger partial charge in [-0.3, -0.25) is 4.79 Å². The van der Waals surface area contributed by atoms with Gasteiger partial charge in [-0.05, 0) is 49.5 Å². The maximum atomic E-state index is 13.1. The number of carbonyl (C=O) groups excluding carboxylic acids is 1. The zero-order valence-corrected chi connectivity index (χ0v) is 17.9. The van der Waals surface area contributed by atoms with E-state index in [4.69, 9.17) is 4.84 Å². The fraction of sp³-hybridized carbons (Fsp3) is 0.348. The first-order valence-electron chi connectivity index (χ1n) is 9.71. The highest BCUT2D eigenvalue weighted by Gasteiger charge is 2.50. The Labute approximate surface area is 174 Å². The van der Waals surface area contributed by atoms with E-state index in [1.807, 2.05) is 54.4 Å². The number of nitrogens with one attached hydrogen (secondary N) is 1. The van der Waals surface area contributed by atoms with E-state index >= 15 is 0 Å². The average Bonchev–Trinajstić information content (AvgIpc) is 3.42. The minimum atomic E-state index is 0.0301. The second-order valence-electron chi connectivity index (χ2n) is 7.72. The molecule has 1 aliphatic carbocycles. The molecule has 28 heavy (non-hydrogen) atoms. The van der Waals surface area contributed by atoms with Crippen molar-refractivity contribution in [2.75, 3.05) is 7.05 Å². The van der Waals surface area contributed by atoms with Crippen molar-refractivity contribution < 1.29 is 9.63 Å². The van der Waals surface area contributed by atoms with Gasteiger partial charge in [0.05, 0.1) is 12.1 Å².